The Hall–Kier alpha value is -0.770. The van der Waals surface area contributed by atoms with Crippen LogP contribution < -0.4 is 0 Å². The SMILES string of the molecule is CC#CC(=O)C1CC1. The predicted octanol–water partition coefficient (Wildman–Crippen LogP) is 0.989. The summed E-state index contributed by atoms with van der Waals surface area (Å²) in [5, 5.41) is 0. The van der Waals surface area contributed by atoms with Gasteiger partial charge in [-0.15, -0.1) is 0 Å². The summed E-state index contributed by atoms with van der Waals surface area (Å²) < 4.78 is 0. The summed E-state index contributed by atoms with van der Waals surface area (Å²) in [6, 6.07) is 0. The van der Waals surface area contributed by atoms with Gasteiger partial charge in [-0.1, -0.05) is 5.92 Å². The van der Waals surface area contributed by atoms with Crippen molar-refractivity contribution in [2.75, 3.05) is 0 Å². The Morgan fingerprint density at radius 2 is 2.25 bits per heavy atom. The Morgan fingerprint density at radius 3 is 2.62 bits per heavy atom. The number of rotatable bonds is 1. The van der Waals surface area contributed by atoms with Crippen LogP contribution in [0.5, 0.6) is 0 Å². The Morgan fingerprint density at radius 1 is 1.62 bits per heavy atom. The summed E-state index contributed by atoms with van der Waals surface area (Å²) >= 11 is 0. The summed E-state index contributed by atoms with van der Waals surface area (Å²) in [4.78, 5) is 10.6. The first-order valence-electron chi connectivity index (χ1n) is 2.81. The molecule has 0 spiro atoms. The number of Topliss-reactive ketones (excluding diaryl/α,β-unsaturated/α-hetero) is 1. The highest BCUT2D eigenvalue weighted by atomic mass is 16.1. The largest absolute Gasteiger partial charge is 0.285 e. The highest BCUT2D eigenvalue weighted by Crippen LogP contribution is 2.29. The smallest absolute Gasteiger partial charge is 0.208 e. The molecule has 42 valence electrons. The Kier molecular flexibility index (Phi) is 1.34. The van der Waals surface area contributed by atoms with E-state index in [2.05, 4.69) is 11.8 Å². The molecule has 0 N–H and O–H groups in total. The molecule has 1 rings (SSSR count). The van der Waals surface area contributed by atoms with Crippen molar-refractivity contribution in [3.63, 3.8) is 0 Å². The van der Waals surface area contributed by atoms with Crippen LogP contribution in [-0.2, 0) is 4.79 Å². The highest BCUT2D eigenvalue weighted by molar-refractivity contribution is 5.98. The molecule has 0 radical (unpaired) electrons. The summed E-state index contributed by atoms with van der Waals surface area (Å²) in [6.45, 7) is 1.69. The van der Waals surface area contributed by atoms with E-state index in [9.17, 15) is 4.79 Å². The molecule has 0 amide bonds. The van der Waals surface area contributed by atoms with Crippen LogP contribution in [-0.4, -0.2) is 5.78 Å². The number of ketones is 1. The van der Waals surface area contributed by atoms with Crippen molar-refractivity contribution >= 4 is 5.78 Å². The molecule has 1 aliphatic carbocycles. The Labute approximate surface area is 49.1 Å². The molecule has 0 aliphatic heterocycles. The van der Waals surface area contributed by atoms with Crippen molar-refractivity contribution < 1.29 is 4.79 Å². The topological polar surface area (TPSA) is 17.1 Å². The van der Waals surface area contributed by atoms with Crippen LogP contribution in [0.15, 0.2) is 0 Å². The van der Waals surface area contributed by atoms with Crippen molar-refractivity contribution in [3.05, 3.63) is 0 Å². The summed E-state index contributed by atoms with van der Waals surface area (Å²) in [5.74, 6) is 5.55. The first kappa shape index (κ1) is 5.37. The second-order valence-corrected chi connectivity index (χ2v) is 2.01. The molecule has 0 bridgehead atoms. The van der Waals surface area contributed by atoms with Gasteiger partial charge in [-0.05, 0) is 25.7 Å². The molecule has 0 aromatic rings. The lowest BCUT2D eigenvalue weighted by atomic mass is 10.3. The molecule has 1 saturated carbocycles. The van der Waals surface area contributed by atoms with Crippen molar-refractivity contribution in [3.8, 4) is 11.8 Å². The van der Waals surface area contributed by atoms with Gasteiger partial charge >= 0.3 is 0 Å². The molecule has 0 aromatic heterocycles. The zero-order valence-electron chi connectivity index (χ0n) is 4.90. The fourth-order valence-corrected chi connectivity index (χ4v) is 0.571. The van der Waals surface area contributed by atoms with E-state index in [1.165, 1.54) is 0 Å². The van der Waals surface area contributed by atoms with Crippen molar-refractivity contribution in [1.82, 2.24) is 0 Å². The average molecular weight is 108 g/mol. The second-order valence-electron chi connectivity index (χ2n) is 2.01. The zero-order chi connectivity index (χ0) is 5.98. The van der Waals surface area contributed by atoms with Crippen LogP contribution in [0.25, 0.3) is 0 Å². The monoisotopic (exact) mass is 108 g/mol. The quantitative estimate of drug-likeness (QED) is 0.361. The first-order valence-corrected chi connectivity index (χ1v) is 2.81. The van der Waals surface area contributed by atoms with Gasteiger partial charge in [0.1, 0.15) is 0 Å². The molecule has 1 nitrogen and oxygen atoms in total. The molecule has 0 unspecified atom stereocenters. The van der Waals surface area contributed by atoms with Crippen LogP contribution >= 0.6 is 0 Å². The van der Waals surface area contributed by atoms with E-state index in [-0.39, 0.29) is 5.78 Å². The predicted molar refractivity (Wildman–Crippen MR) is 31.2 cm³/mol. The van der Waals surface area contributed by atoms with Gasteiger partial charge < -0.3 is 0 Å². The molecule has 0 atom stereocenters. The summed E-state index contributed by atoms with van der Waals surface area (Å²) in [5.41, 5.74) is 0. The molecule has 8 heavy (non-hydrogen) atoms. The van der Waals surface area contributed by atoms with Gasteiger partial charge in [0.15, 0.2) is 0 Å². The van der Waals surface area contributed by atoms with Gasteiger partial charge in [0, 0.05) is 5.92 Å². The number of carbonyl (C=O) groups excluding carboxylic acids is 1. The fraction of sp³-hybridized carbons (Fsp3) is 0.571. The highest BCUT2D eigenvalue weighted by Gasteiger charge is 2.27. The fourth-order valence-electron chi connectivity index (χ4n) is 0.571. The molecular weight excluding hydrogens is 100 g/mol. The minimum Gasteiger partial charge on any atom is -0.285 e. The van der Waals surface area contributed by atoms with Gasteiger partial charge in [0.25, 0.3) is 0 Å². The molecule has 1 aliphatic rings. The lowest BCUT2D eigenvalue weighted by Crippen LogP contribution is -1.93. The molecule has 1 heteroatoms. The van der Waals surface area contributed by atoms with E-state index in [0.29, 0.717) is 5.92 Å². The maximum Gasteiger partial charge on any atom is 0.208 e. The zero-order valence-corrected chi connectivity index (χ0v) is 4.90. The van der Waals surface area contributed by atoms with E-state index in [1.807, 2.05) is 0 Å². The van der Waals surface area contributed by atoms with Gasteiger partial charge in [0.2, 0.25) is 5.78 Å². The van der Waals surface area contributed by atoms with Crippen LogP contribution in [0.1, 0.15) is 19.8 Å². The summed E-state index contributed by atoms with van der Waals surface area (Å²) in [7, 11) is 0. The minimum absolute atomic E-state index is 0.132. The number of carbonyl (C=O) groups is 1. The van der Waals surface area contributed by atoms with E-state index < -0.39 is 0 Å². The Balaban J connectivity index is 2.41. The van der Waals surface area contributed by atoms with E-state index in [4.69, 9.17) is 0 Å². The van der Waals surface area contributed by atoms with Crippen molar-refractivity contribution in [1.29, 1.82) is 0 Å². The van der Waals surface area contributed by atoms with Gasteiger partial charge in [-0.3, -0.25) is 4.79 Å². The first-order chi connectivity index (χ1) is 3.84. The van der Waals surface area contributed by atoms with Crippen LogP contribution in [0.4, 0.5) is 0 Å². The van der Waals surface area contributed by atoms with Crippen molar-refractivity contribution in [2.45, 2.75) is 19.8 Å². The lowest BCUT2D eigenvalue weighted by molar-refractivity contribution is -0.114. The molecule has 0 aromatic carbocycles. The van der Waals surface area contributed by atoms with Gasteiger partial charge in [0.05, 0.1) is 0 Å². The summed E-state index contributed by atoms with van der Waals surface area (Å²) in [6.07, 6.45) is 2.13. The second kappa shape index (κ2) is 2.00. The van der Waals surface area contributed by atoms with Gasteiger partial charge in [-0.25, -0.2) is 0 Å². The molecular formula is C7H8O. The third-order valence-corrected chi connectivity index (χ3v) is 1.20. The number of hydrogen-bond acceptors (Lipinski definition) is 1. The lowest BCUT2D eigenvalue weighted by Gasteiger charge is -1.77. The van der Waals surface area contributed by atoms with Crippen molar-refractivity contribution in [2.24, 2.45) is 5.92 Å². The average Bonchev–Trinajstić information content (AvgIpc) is 2.45. The third-order valence-electron chi connectivity index (χ3n) is 1.20. The third kappa shape index (κ3) is 1.10. The molecule has 0 heterocycles. The molecule has 0 saturated heterocycles. The molecule has 1 fully saturated rings. The van der Waals surface area contributed by atoms with E-state index in [1.54, 1.807) is 6.92 Å². The van der Waals surface area contributed by atoms with Crippen LogP contribution in [0.2, 0.25) is 0 Å². The van der Waals surface area contributed by atoms with Crippen LogP contribution in [0.3, 0.4) is 0 Å². The Bertz CT molecular complexity index is 155. The number of hydrogen-bond donors (Lipinski definition) is 0. The van der Waals surface area contributed by atoms with E-state index >= 15 is 0 Å². The van der Waals surface area contributed by atoms with Gasteiger partial charge in [-0.2, -0.15) is 0 Å². The normalized spacial score (nSPS) is 16.6. The van der Waals surface area contributed by atoms with Crippen LogP contribution in [0, 0.1) is 17.8 Å². The maximum absolute atomic E-state index is 10.6. The standard InChI is InChI=1S/C7H8O/c1-2-3-7(8)6-4-5-6/h6H,4-5H2,1H3. The maximum atomic E-state index is 10.6. The minimum atomic E-state index is 0.132. The van der Waals surface area contributed by atoms with E-state index in [0.717, 1.165) is 12.8 Å².